The first-order valence-corrected chi connectivity index (χ1v) is 6.56. The van der Waals surface area contributed by atoms with Crippen LogP contribution in [0, 0.1) is 11.8 Å². The van der Waals surface area contributed by atoms with Crippen molar-refractivity contribution in [1.29, 1.82) is 0 Å². The van der Waals surface area contributed by atoms with Gasteiger partial charge in [0, 0.05) is 18.9 Å². The van der Waals surface area contributed by atoms with Gasteiger partial charge in [-0.25, -0.2) is 9.97 Å². The van der Waals surface area contributed by atoms with E-state index in [2.05, 4.69) is 22.2 Å². The molecule has 4 heteroatoms. The Kier molecular flexibility index (Phi) is 4.18. The first kappa shape index (κ1) is 12.1. The van der Waals surface area contributed by atoms with Crippen LogP contribution in [0.1, 0.15) is 39.0 Å². The maximum absolute atomic E-state index is 5.73. The monoisotopic (exact) mass is 234 g/mol. The molecule has 2 rings (SSSR count). The number of hydrogen-bond donors (Lipinski definition) is 2. The highest BCUT2D eigenvalue weighted by molar-refractivity contribution is 5.54. The van der Waals surface area contributed by atoms with Crippen LogP contribution in [0.3, 0.4) is 0 Å². The van der Waals surface area contributed by atoms with E-state index in [0.29, 0.717) is 5.82 Å². The molecular formula is C13H22N4. The minimum absolute atomic E-state index is 0.490. The molecule has 2 atom stereocenters. The predicted octanol–water partition coefficient (Wildman–Crippen LogP) is 2.69. The fourth-order valence-electron chi connectivity index (χ4n) is 2.70. The predicted molar refractivity (Wildman–Crippen MR) is 70.7 cm³/mol. The van der Waals surface area contributed by atoms with Gasteiger partial charge in [-0.05, 0) is 24.7 Å². The van der Waals surface area contributed by atoms with Gasteiger partial charge in [-0.1, -0.05) is 26.2 Å². The van der Waals surface area contributed by atoms with Gasteiger partial charge in [-0.2, -0.15) is 0 Å². The number of nitrogens with two attached hydrogens (primary N) is 1. The van der Waals surface area contributed by atoms with Crippen molar-refractivity contribution in [2.75, 3.05) is 17.6 Å². The third-order valence-electron chi connectivity index (χ3n) is 3.62. The molecule has 94 valence electrons. The van der Waals surface area contributed by atoms with E-state index in [-0.39, 0.29) is 0 Å². The van der Waals surface area contributed by atoms with Gasteiger partial charge < -0.3 is 11.1 Å². The fourth-order valence-corrected chi connectivity index (χ4v) is 2.70. The van der Waals surface area contributed by atoms with Gasteiger partial charge in [-0.3, -0.25) is 0 Å². The first-order valence-electron chi connectivity index (χ1n) is 6.56. The third-order valence-corrected chi connectivity index (χ3v) is 3.62. The van der Waals surface area contributed by atoms with Crippen molar-refractivity contribution in [3.8, 4) is 0 Å². The Morgan fingerprint density at radius 1 is 1.35 bits per heavy atom. The molecule has 1 aliphatic rings. The van der Waals surface area contributed by atoms with Crippen molar-refractivity contribution in [3.05, 3.63) is 12.4 Å². The molecule has 4 nitrogen and oxygen atoms in total. The highest BCUT2D eigenvalue weighted by Crippen LogP contribution is 2.30. The first-order chi connectivity index (χ1) is 8.25. The van der Waals surface area contributed by atoms with E-state index in [4.69, 9.17) is 5.73 Å². The highest BCUT2D eigenvalue weighted by Gasteiger charge is 2.18. The van der Waals surface area contributed by atoms with Crippen LogP contribution in [0.15, 0.2) is 12.4 Å². The third kappa shape index (κ3) is 3.58. The van der Waals surface area contributed by atoms with E-state index in [1.807, 2.05) is 0 Å². The Morgan fingerprint density at radius 3 is 2.94 bits per heavy atom. The van der Waals surface area contributed by atoms with Crippen molar-refractivity contribution < 1.29 is 0 Å². The smallest absolute Gasteiger partial charge is 0.168 e. The van der Waals surface area contributed by atoms with Crippen LogP contribution in [0.25, 0.3) is 0 Å². The van der Waals surface area contributed by atoms with E-state index < -0.39 is 0 Å². The summed E-state index contributed by atoms with van der Waals surface area (Å²) in [4.78, 5) is 8.19. The average Bonchev–Trinajstić information content (AvgIpc) is 2.32. The Hall–Kier alpha value is -1.32. The van der Waals surface area contributed by atoms with E-state index >= 15 is 0 Å². The lowest BCUT2D eigenvalue weighted by atomic mass is 9.81. The normalized spacial score (nSPS) is 24.5. The molecule has 1 fully saturated rings. The van der Waals surface area contributed by atoms with Crippen LogP contribution < -0.4 is 11.1 Å². The van der Waals surface area contributed by atoms with Gasteiger partial charge >= 0.3 is 0 Å². The Bertz CT molecular complexity index is 353. The standard InChI is InChI=1S/C13H22N4/c1-10-3-2-4-11(9-10)5-6-16-13-12(14)15-7-8-17-13/h7-8,10-11H,2-6,9H2,1H3,(H2,14,15)(H,16,17). The number of nitrogen functional groups attached to an aromatic ring is 1. The van der Waals surface area contributed by atoms with Crippen LogP contribution in [0.4, 0.5) is 11.6 Å². The molecule has 1 aliphatic carbocycles. The number of hydrogen-bond acceptors (Lipinski definition) is 4. The summed E-state index contributed by atoms with van der Waals surface area (Å²) in [5, 5.41) is 3.28. The lowest BCUT2D eigenvalue weighted by Gasteiger charge is -2.26. The summed E-state index contributed by atoms with van der Waals surface area (Å²) in [6.45, 7) is 3.31. The highest BCUT2D eigenvalue weighted by atomic mass is 15.0. The number of nitrogens with one attached hydrogen (secondary N) is 1. The van der Waals surface area contributed by atoms with Crippen LogP contribution in [-0.2, 0) is 0 Å². The second-order valence-electron chi connectivity index (χ2n) is 5.14. The molecule has 0 spiro atoms. The Morgan fingerprint density at radius 2 is 2.18 bits per heavy atom. The summed E-state index contributed by atoms with van der Waals surface area (Å²) >= 11 is 0. The van der Waals surface area contributed by atoms with Crippen LogP contribution in [0.5, 0.6) is 0 Å². The Labute approximate surface area is 103 Å². The molecule has 0 radical (unpaired) electrons. The number of nitrogens with zero attached hydrogens (tertiary/aromatic N) is 2. The van der Waals surface area contributed by atoms with Gasteiger partial charge in [-0.15, -0.1) is 0 Å². The van der Waals surface area contributed by atoms with Gasteiger partial charge in [0.25, 0.3) is 0 Å². The topological polar surface area (TPSA) is 63.8 Å². The summed E-state index contributed by atoms with van der Waals surface area (Å²) in [5.41, 5.74) is 5.73. The van der Waals surface area contributed by atoms with Gasteiger partial charge in [0.15, 0.2) is 11.6 Å². The van der Waals surface area contributed by atoms with E-state index in [1.165, 1.54) is 32.1 Å². The molecule has 3 N–H and O–H groups in total. The maximum atomic E-state index is 5.73. The van der Waals surface area contributed by atoms with Crippen molar-refractivity contribution >= 4 is 11.6 Å². The molecule has 0 saturated heterocycles. The van der Waals surface area contributed by atoms with Crippen molar-refractivity contribution in [1.82, 2.24) is 9.97 Å². The fraction of sp³-hybridized carbons (Fsp3) is 0.692. The minimum atomic E-state index is 0.490. The quantitative estimate of drug-likeness (QED) is 0.840. The molecule has 0 bridgehead atoms. The van der Waals surface area contributed by atoms with Crippen molar-refractivity contribution in [2.45, 2.75) is 39.0 Å². The second kappa shape index (κ2) is 5.84. The Balaban J connectivity index is 1.74. The summed E-state index contributed by atoms with van der Waals surface area (Å²) in [5.74, 6) is 2.97. The second-order valence-corrected chi connectivity index (χ2v) is 5.14. The maximum Gasteiger partial charge on any atom is 0.168 e. The van der Waals surface area contributed by atoms with Crippen LogP contribution in [0.2, 0.25) is 0 Å². The SMILES string of the molecule is CC1CCCC(CCNc2nccnc2N)C1. The lowest BCUT2D eigenvalue weighted by Crippen LogP contribution is -2.17. The average molecular weight is 234 g/mol. The molecule has 0 aromatic carbocycles. The zero-order valence-corrected chi connectivity index (χ0v) is 10.5. The van der Waals surface area contributed by atoms with E-state index in [0.717, 1.165) is 24.2 Å². The molecule has 1 saturated carbocycles. The van der Waals surface area contributed by atoms with Crippen molar-refractivity contribution in [2.24, 2.45) is 11.8 Å². The molecule has 17 heavy (non-hydrogen) atoms. The summed E-state index contributed by atoms with van der Waals surface area (Å²) in [6.07, 6.45) is 10.0. The zero-order valence-electron chi connectivity index (χ0n) is 10.5. The molecule has 0 amide bonds. The zero-order chi connectivity index (χ0) is 12.1. The van der Waals surface area contributed by atoms with Crippen LogP contribution in [-0.4, -0.2) is 16.5 Å². The summed E-state index contributed by atoms with van der Waals surface area (Å²) < 4.78 is 0. The van der Waals surface area contributed by atoms with Gasteiger partial charge in [0.2, 0.25) is 0 Å². The van der Waals surface area contributed by atoms with E-state index in [1.54, 1.807) is 12.4 Å². The molecule has 2 unspecified atom stereocenters. The van der Waals surface area contributed by atoms with Gasteiger partial charge in [0.05, 0.1) is 0 Å². The molecule has 1 heterocycles. The minimum Gasteiger partial charge on any atom is -0.381 e. The molecule has 1 aromatic rings. The molecule has 1 aromatic heterocycles. The molecule has 0 aliphatic heterocycles. The van der Waals surface area contributed by atoms with Crippen LogP contribution >= 0.6 is 0 Å². The number of rotatable bonds is 4. The van der Waals surface area contributed by atoms with E-state index in [9.17, 15) is 0 Å². The molecular weight excluding hydrogens is 212 g/mol. The summed E-state index contributed by atoms with van der Waals surface area (Å²) in [7, 11) is 0. The lowest BCUT2D eigenvalue weighted by molar-refractivity contribution is 0.274. The van der Waals surface area contributed by atoms with Gasteiger partial charge in [0.1, 0.15) is 0 Å². The number of aromatic nitrogens is 2. The largest absolute Gasteiger partial charge is 0.381 e. The summed E-state index contributed by atoms with van der Waals surface area (Å²) in [6, 6.07) is 0. The van der Waals surface area contributed by atoms with Crippen molar-refractivity contribution in [3.63, 3.8) is 0 Å². The number of anilines is 2.